The SMILES string of the molecule is Cc1cc(C(=O)NC2COC2)on1. The Morgan fingerprint density at radius 1 is 1.69 bits per heavy atom. The summed E-state index contributed by atoms with van der Waals surface area (Å²) in [4.78, 5) is 11.4. The molecule has 5 heteroatoms. The minimum Gasteiger partial charge on any atom is -0.377 e. The molecule has 1 aromatic rings. The number of amides is 1. The van der Waals surface area contributed by atoms with Gasteiger partial charge in [0.1, 0.15) is 0 Å². The molecule has 0 bridgehead atoms. The smallest absolute Gasteiger partial charge is 0.290 e. The Morgan fingerprint density at radius 2 is 2.46 bits per heavy atom. The summed E-state index contributed by atoms with van der Waals surface area (Å²) >= 11 is 0. The fraction of sp³-hybridized carbons (Fsp3) is 0.500. The summed E-state index contributed by atoms with van der Waals surface area (Å²) in [6.07, 6.45) is 0. The van der Waals surface area contributed by atoms with Gasteiger partial charge in [-0.15, -0.1) is 0 Å². The Kier molecular flexibility index (Phi) is 2.02. The lowest BCUT2D eigenvalue weighted by Crippen LogP contribution is -2.48. The number of hydrogen-bond donors (Lipinski definition) is 1. The van der Waals surface area contributed by atoms with Crippen molar-refractivity contribution in [3.63, 3.8) is 0 Å². The zero-order valence-electron chi connectivity index (χ0n) is 7.24. The molecular formula is C8H10N2O3. The quantitative estimate of drug-likeness (QED) is 0.705. The fourth-order valence-corrected chi connectivity index (χ4v) is 1.05. The summed E-state index contributed by atoms with van der Waals surface area (Å²) in [6.45, 7) is 2.93. The molecule has 1 saturated heterocycles. The topological polar surface area (TPSA) is 64.4 Å². The van der Waals surface area contributed by atoms with Crippen molar-refractivity contribution >= 4 is 5.91 Å². The molecule has 0 saturated carbocycles. The number of carbonyl (C=O) groups is 1. The lowest BCUT2D eigenvalue weighted by atomic mass is 10.2. The van der Waals surface area contributed by atoms with Crippen LogP contribution in [0.5, 0.6) is 0 Å². The number of nitrogens with one attached hydrogen (secondary N) is 1. The van der Waals surface area contributed by atoms with E-state index in [0.29, 0.717) is 18.9 Å². The number of nitrogens with zero attached hydrogens (tertiary/aromatic N) is 1. The first-order valence-corrected chi connectivity index (χ1v) is 4.07. The monoisotopic (exact) mass is 182 g/mol. The van der Waals surface area contributed by atoms with Crippen LogP contribution in [0.2, 0.25) is 0 Å². The van der Waals surface area contributed by atoms with Crippen molar-refractivity contribution in [3.8, 4) is 0 Å². The molecule has 0 aliphatic carbocycles. The maximum absolute atomic E-state index is 11.4. The Morgan fingerprint density at radius 3 is 2.92 bits per heavy atom. The molecule has 1 N–H and O–H groups in total. The number of carbonyl (C=O) groups excluding carboxylic acids is 1. The molecule has 2 rings (SSSR count). The molecule has 1 aliphatic rings. The molecule has 0 radical (unpaired) electrons. The molecule has 1 aliphatic heterocycles. The van der Waals surface area contributed by atoms with Crippen LogP contribution in [0.25, 0.3) is 0 Å². The maximum Gasteiger partial charge on any atom is 0.290 e. The van der Waals surface area contributed by atoms with Gasteiger partial charge in [-0.2, -0.15) is 0 Å². The van der Waals surface area contributed by atoms with Crippen molar-refractivity contribution in [2.75, 3.05) is 13.2 Å². The Hall–Kier alpha value is -1.36. The van der Waals surface area contributed by atoms with Crippen molar-refractivity contribution in [2.45, 2.75) is 13.0 Å². The number of aryl methyl sites for hydroxylation is 1. The molecule has 1 amide bonds. The van der Waals surface area contributed by atoms with Crippen LogP contribution in [0.3, 0.4) is 0 Å². The molecule has 0 unspecified atom stereocenters. The van der Waals surface area contributed by atoms with Gasteiger partial charge in [0, 0.05) is 6.07 Å². The predicted octanol–water partition coefficient (Wildman–Crippen LogP) is 0.112. The van der Waals surface area contributed by atoms with Gasteiger partial charge in [-0.05, 0) is 6.92 Å². The van der Waals surface area contributed by atoms with Crippen LogP contribution in [0.1, 0.15) is 16.2 Å². The van der Waals surface area contributed by atoms with Gasteiger partial charge in [-0.1, -0.05) is 5.16 Å². The Labute approximate surface area is 75.0 Å². The number of hydrogen-bond acceptors (Lipinski definition) is 4. The van der Waals surface area contributed by atoms with Crippen LogP contribution in [0.4, 0.5) is 0 Å². The molecule has 13 heavy (non-hydrogen) atoms. The number of rotatable bonds is 2. The standard InChI is InChI=1S/C8H10N2O3/c1-5-2-7(13-10-5)8(11)9-6-3-12-4-6/h2,6H,3-4H2,1H3,(H,9,11). The van der Waals surface area contributed by atoms with Crippen LogP contribution in [-0.4, -0.2) is 30.3 Å². The molecule has 70 valence electrons. The molecule has 2 heterocycles. The summed E-state index contributed by atoms with van der Waals surface area (Å²) in [7, 11) is 0. The van der Waals surface area contributed by atoms with Gasteiger partial charge in [0.15, 0.2) is 0 Å². The van der Waals surface area contributed by atoms with E-state index in [1.54, 1.807) is 13.0 Å². The van der Waals surface area contributed by atoms with E-state index in [4.69, 9.17) is 9.26 Å². The van der Waals surface area contributed by atoms with E-state index >= 15 is 0 Å². The second-order valence-corrected chi connectivity index (χ2v) is 3.04. The summed E-state index contributed by atoms with van der Waals surface area (Å²) in [5, 5.41) is 6.37. The summed E-state index contributed by atoms with van der Waals surface area (Å²) < 4.78 is 9.71. The molecule has 1 aromatic heterocycles. The predicted molar refractivity (Wildman–Crippen MR) is 43.3 cm³/mol. The van der Waals surface area contributed by atoms with Crippen molar-refractivity contribution in [1.29, 1.82) is 0 Å². The van der Waals surface area contributed by atoms with Crippen LogP contribution in [0.15, 0.2) is 10.6 Å². The summed E-state index contributed by atoms with van der Waals surface area (Å²) in [5.41, 5.74) is 0.704. The molecule has 1 fully saturated rings. The highest BCUT2D eigenvalue weighted by Crippen LogP contribution is 2.05. The van der Waals surface area contributed by atoms with Crippen molar-refractivity contribution in [2.24, 2.45) is 0 Å². The van der Waals surface area contributed by atoms with E-state index in [1.165, 1.54) is 0 Å². The highest BCUT2D eigenvalue weighted by atomic mass is 16.5. The van der Waals surface area contributed by atoms with Gasteiger partial charge < -0.3 is 14.6 Å². The van der Waals surface area contributed by atoms with Gasteiger partial charge in [0.25, 0.3) is 5.91 Å². The van der Waals surface area contributed by atoms with Gasteiger partial charge in [-0.25, -0.2) is 0 Å². The van der Waals surface area contributed by atoms with Crippen molar-refractivity contribution < 1.29 is 14.1 Å². The van der Waals surface area contributed by atoms with Gasteiger partial charge in [0.05, 0.1) is 24.9 Å². The minimum absolute atomic E-state index is 0.123. The second-order valence-electron chi connectivity index (χ2n) is 3.04. The van der Waals surface area contributed by atoms with Crippen LogP contribution in [0, 0.1) is 6.92 Å². The summed E-state index contributed by atoms with van der Waals surface area (Å²) in [5.74, 6) is 0.0262. The first-order valence-electron chi connectivity index (χ1n) is 4.07. The molecule has 0 aromatic carbocycles. The Balaban J connectivity index is 1.96. The van der Waals surface area contributed by atoms with E-state index in [9.17, 15) is 4.79 Å². The third-order valence-corrected chi connectivity index (χ3v) is 1.83. The zero-order valence-corrected chi connectivity index (χ0v) is 7.24. The van der Waals surface area contributed by atoms with E-state index in [0.717, 1.165) is 0 Å². The van der Waals surface area contributed by atoms with Crippen LogP contribution >= 0.6 is 0 Å². The van der Waals surface area contributed by atoms with Gasteiger partial charge >= 0.3 is 0 Å². The van der Waals surface area contributed by atoms with E-state index in [2.05, 4.69) is 10.5 Å². The van der Waals surface area contributed by atoms with Crippen LogP contribution < -0.4 is 5.32 Å². The number of aromatic nitrogens is 1. The van der Waals surface area contributed by atoms with Gasteiger partial charge in [0.2, 0.25) is 5.76 Å². The normalized spacial score (nSPS) is 16.7. The largest absolute Gasteiger partial charge is 0.377 e. The third-order valence-electron chi connectivity index (χ3n) is 1.83. The average Bonchev–Trinajstić information content (AvgIpc) is 2.44. The molecule has 0 atom stereocenters. The first kappa shape index (κ1) is 8.25. The molecule has 0 spiro atoms. The maximum atomic E-state index is 11.4. The lowest BCUT2D eigenvalue weighted by Gasteiger charge is -2.26. The Bertz CT molecular complexity index is 317. The highest BCUT2D eigenvalue weighted by molar-refractivity contribution is 5.91. The number of ether oxygens (including phenoxy) is 1. The molecular weight excluding hydrogens is 172 g/mol. The minimum atomic E-state index is -0.228. The van der Waals surface area contributed by atoms with E-state index in [-0.39, 0.29) is 17.7 Å². The van der Waals surface area contributed by atoms with E-state index < -0.39 is 0 Å². The lowest BCUT2D eigenvalue weighted by molar-refractivity contribution is -0.00401. The highest BCUT2D eigenvalue weighted by Gasteiger charge is 2.22. The van der Waals surface area contributed by atoms with Crippen molar-refractivity contribution in [3.05, 3.63) is 17.5 Å². The zero-order chi connectivity index (χ0) is 9.26. The summed E-state index contributed by atoms with van der Waals surface area (Å²) in [6, 6.07) is 1.73. The first-order chi connectivity index (χ1) is 6.25. The fourth-order valence-electron chi connectivity index (χ4n) is 1.05. The van der Waals surface area contributed by atoms with E-state index in [1.807, 2.05) is 0 Å². The van der Waals surface area contributed by atoms with Gasteiger partial charge in [-0.3, -0.25) is 4.79 Å². The second kappa shape index (κ2) is 3.18. The van der Waals surface area contributed by atoms with Crippen LogP contribution in [-0.2, 0) is 4.74 Å². The molecule has 5 nitrogen and oxygen atoms in total. The van der Waals surface area contributed by atoms with Crippen molar-refractivity contribution in [1.82, 2.24) is 10.5 Å². The average molecular weight is 182 g/mol. The third kappa shape index (κ3) is 1.70.